The van der Waals surface area contributed by atoms with Gasteiger partial charge in [0.1, 0.15) is 6.04 Å². The van der Waals surface area contributed by atoms with E-state index in [-0.39, 0.29) is 30.6 Å². The molecule has 3 unspecified atom stereocenters. The van der Waals surface area contributed by atoms with Gasteiger partial charge in [-0.25, -0.2) is 0 Å². The molecule has 1 fully saturated rings. The van der Waals surface area contributed by atoms with Gasteiger partial charge in [-0.3, -0.25) is 4.79 Å². The lowest BCUT2D eigenvalue weighted by Crippen LogP contribution is -2.40. The van der Waals surface area contributed by atoms with Gasteiger partial charge in [-0.15, -0.1) is 0 Å². The summed E-state index contributed by atoms with van der Waals surface area (Å²) in [5.41, 5.74) is 0. The monoisotopic (exact) mass is 333 g/mol. The van der Waals surface area contributed by atoms with Crippen LogP contribution in [-0.2, 0) is 4.79 Å². The van der Waals surface area contributed by atoms with Gasteiger partial charge in [-0.05, 0) is 32.1 Å². The molecule has 1 heterocycles. The first-order valence-corrected chi connectivity index (χ1v) is 7.85. The third kappa shape index (κ3) is 4.45. The molecule has 1 amide bonds. The summed E-state index contributed by atoms with van der Waals surface area (Å²) in [7, 11) is 0. The number of aromatic nitrogens is 2. The lowest BCUT2D eigenvalue weighted by Gasteiger charge is -2.31. The van der Waals surface area contributed by atoms with Crippen LogP contribution in [0.1, 0.15) is 57.3 Å². The molecule has 1 aliphatic rings. The van der Waals surface area contributed by atoms with Crippen LogP contribution >= 0.6 is 0 Å². The molecule has 1 saturated carbocycles. The number of amides is 1. The van der Waals surface area contributed by atoms with Crippen LogP contribution in [0.25, 0.3) is 0 Å². The molecule has 1 N–H and O–H groups in total. The Morgan fingerprint density at radius 3 is 2.57 bits per heavy atom. The van der Waals surface area contributed by atoms with Crippen molar-refractivity contribution in [1.29, 1.82) is 0 Å². The number of nitrogens with zero attached hydrogens (tertiary/aromatic N) is 2. The fourth-order valence-electron chi connectivity index (χ4n) is 2.95. The van der Waals surface area contributed by atoms with Crippen molar-refractivity contribution in [2.24, 2.45) is 17.8 Å². The van der Waals surface area contributed by atoms with Crippen LogP contribution in [0.2, 0.25) is 0 Å². The molecule has 8 heteroatoms. The molecule has 0 saturated heterocycles. The Labute approximate surface area is 133 Å². The zero-order chi connectivity index (χ0) is 17.2. The van der Waals surface area contributed by atoms with E-state index in [2.05, 4.69) is 15.5 Å². The molecule has 2 rings (SSSR count). The van der Waals surface area contributed by atoms with Crippen molar-refractivity contribution in [3.8, 4) is 0 Å². The maximum Gasteiger partial charge on any atom is 0.391 e. The Hall–Kier alpha value is -1.60. The zero-order valence-corrected chi connectivity index (χ0v) is 13.5. The third-order valence-corrected chi connectivity index (χ3v) is 4.28. The summed E-state index contributed by atoms with van der Waals surface area (Å²) in [6.45, 7) is 5.43. The second-order valence-corrected chi connectivity index (χ2v) is 6.51. The summed E-state index contributed by atoms with van der Waals surface area (Å²) >= 11 is 0. The number of hydrogen-bond donors (Lipinski definition) is 1. The Morgan fingerprint density at radius 2 is 2.04 bits per heavy atom. The highest BCUT2D eigenvalue weighted by molar-refractivity contribution is 5.79. The van der Waals surface area contributed by atoms with E-state index in [0.29, 0.717) is 18.7 Å². The standard InChI is InChI=1S/C15H22F3N3O2/c1-8(2)12(14-19-9(3)21-23-14)20-13(22)10-5-4-6-11(7-10)15(16,17)18/h8,10-12H,4-7H2,1-3H3,(H,20,22). The van der Waals surface area contributed by atoms with E-state index >= 15 is 0 Å². The van der Waals surface area contributed by atoms with Crippen LogP contribution < -0.4 is 5.32 Å². The van der Waals surface area contributed by atoms with Crippen LogP contribution in [0, 0.1) is 24.7 Å². The van der Waals surface area contributed by atoms with Gasteiger partial charge < -0.3 is 9.84 Å². The quantitative estimate of drug-likeness (QED) is 0.915. The van der Waals surface area contributed by atoms with Gasteiger partial charge in [0.25, 0.3) is 0 Å². The summed E-state index contributed by atoms with van der Waals surface area (Å²) in [4.78, 5) is 16.5. The number of alkyl halides is 3. The summed E-state index contributed by atoms with van der Waals surface area (Å²) in [6, 6.07) is -0.491. The number of carbonyl (C=O) groups is 1. The minimum Gasteiger partial charge on any atom is -0.344 e. The number of hydrogen-bond acceptors (Lipinski definition) is 4. The lowest BCUT2D eigenvalue weighted by atomic mass is 9.80. The molecular weight excluding hydrogens is 311 g/mol. The van der Waals surface area contributed by atoms with Crippen molar-refractivity contribution in [3.05, 3.63) is 11.7 Å². The van der Waals surface area contributed by atoms with Gasteiger partial charge in [0.05, 0.1) is 5.92 Å². The predicted molar refractivity (Wildman–Crippen MR) is 76.3 cm³/mol. The highest BCUT2D eigenvalue weighted by Gasteiger charge is 2.44. The molecule has 0 aromatic carbocycles. The average Bonchev–Trinajstić information content (AvgIpc) is 2.89. The van der Waals surface area contributed by atoms with Crippen LogP contribution in [0.5, 0.6) is 0 Å². The van der Waals surface area contributed by atoms with Gasteiger partial charge in [0.2, 0.25) is 11.8 Å². The molecule has 0 spiro atoms. The Morgan fingerprint density at radius 1 is 1.35 bits per heavy atom. The minimum absolute atomic E-state index is 0.0131. The topological polar surface area (TPSA) is 68.0 Å². The van der Waals surface area contributed by atoms with Crippen molar-refractivity contribution in [1.82, 2.24) is 15.5 Å². The number of rotatable bonds is 4. The molecule has 3 atom stereocenters. The Kier molecular flexibility index (Phi) is 5.31. The smallest absolute Gasteiger partial charge is 0.344 e. The largest absolute Gasteiger partial charge is 0.391 e. The Bertz CT molecular complexity index is 542. The first-order chi connectivity index (χ1) is 10.7. The van der Waals surface area contributed by atoms with Crippen LogP contribution in [-0.4, -0.2) is 22.2 Å². The second-order valence-electron chi connectivity index (χ2n) is 6.51. The zero-order valence-electron chi connectivity index (χ0n) is 13.5. The normalized spacial score (nSPS) is 23.8. The van der Waals surface area contributed by atoms with Crippen molar-refractivity contribution in [2.75, 3.05) is 0 Å². The molecule has 0 bridgehead atoms. The van der Waals surface area contributed by atoms with Crippen molar-refractivity contribution in [2.45, 2.75) is 58.7 Å². The molecule has 130 valence electrons. The molecule has 0 aliphatic heterocycles. The number of halogens is 3. The van der Waals surface area contributed by atoms with Crippen LogP contribution in [0.15, 0.2) is 4.52 Å². The maximum absolute atomic E-state index is 12.9. The van der Waals surface area contributed by atoms with E-state index in [1.165, 1.54) is 0 Å². The molecule has 1 aromatic heterocycles. The van der Waals surface area contributed by atoms with E-state index in [9.17, 15) is 18.0 Å². The summed E-state index contributed by atoms with van der Waals surface area (Å²) in [5, 5.41) is 6.48. The van der Waals surface area contributed by atoms with Gasteiger partial charge in [-0.2, -0.15) is 18.2 Å². The number of aryl methyl sites for hydroxylation is 1. The lowest BCUT2D eigenvalue weighted by molar-refractivity contribution is -0.186. The van der Waals surface area contributed by atoms with Gasteiger partial charge in [0.15, 0.2) is 5.82 Å². The fraction of sp³-hybridized carbons (Fsp3) is 0.800. The molecule has 5 nitrogen and oxygen atoms in total. The van der Waals surface area contributed by atoms with Gasteiger partial charge in [0, 0.05) is 5.92 Å². The first kappa shape index (κ1) is 17.7. The second kappa shape index (κ2) is 6.88. The highest BCUT2D eigenvalue weighted by atomic mass is 19.4. The fourth-order valence-corrected chi connectivity index (χ4v) is 2.95. The van der Waals surface area contributed by atoms with E-state index < -0.39 is 24.1 Å². The average molecular weight is 333 g/mol. The van der Waals surface area contributed by atoms with Gasteiger partial charge >= 0.3 is 6.18 Å². The maximum atomic E-state index is 12.9. The molecule has 1 aromatic rings. The summed E-state index contributed by atoms with van der Waals surface area (Å²) < 4.78 is 43.7. The first-order valence-electron chi connectivity index (χ1n) is 7.85. The molecular formula is C15H22F3N3O2. The van der Waals surface area contributed by atoms with E-state index in [1.54, 1.807) is 6.92 Å². The molecule has 1 aliphatic carbocycles. The van der Waals surface area contributed by atoms with Crippen LogP contribution in [0.4, 0.5) is 13.2 Å². The predicted octanol–water partition coefficient (Wildman–Crippen LogP) is 3.56. The van der Waals surface area contributed by atoms with E-state index in [4.69, 9.17) is 4.52 Å². The van der Waals surface area contributed by atoms with Crippen molar-refractivity contribution >= 4 is 5.91 Å². The van der Waals surface area contributed by atoms with Gasteiger partial charge in [-0.1, -0.05) is 25.4 Å². The number of carbonyl (C=O) groups excluding carboxylic acids is 1. The van der Waals surface area contributed by atoms with Crippen molar-refractivity contribution in [3.63, 3.8) is 0 Å². The van der Waals surface area contributed by atoms with E-state index in [1.807, 2.05) is 13.8 Å². The number of nitrogens with one attached hydrogen (secondary N) is 1. The summed E-state index contributed by atoms with van der Waals surface area (Å²) in [6.07, 6.45) is -3.40. The minimum atomic E-state index is -4.24. The molecule has 0 radical (unpaired) electrons. The highest BCUT2D eigenvalue weighted by Crippen LogP contribution is 2.40. The Balaban J connectivity index is 2.04. The SMILES string of the molecule is Cc1noc(C(NC(=O)C2CCCC(C(F)(F)F)C2)C(C)C)n1. The van der Waals surface area contributed by atoms with Crippen molar-refractivity contribution < 1.29 is 22.5 Å². The third-order valence-electron chi connectivity index (χ3n) is 4.28. The van der Waals surface area contributed by atoms with E-state index in [0.717, 1.165) is 0 Å². The summed E-state index contributed by atoms with van der Waals surface area (Å²) in [5.74, 6) is -1.66. The van der Waals surface area contributed by atoms with Crippen LogP contribution in [0.3, 0.4) is 0 Å². The molecule has 23 heavy (non-hydrogen) atoms.